The molecule has 0 aromatic carbocycles. The van der Waals surface area contributed by atoms with Crippen molar-refractivity contribution in [1.29, 1.82) is 0 Å². The van der Waals surface area contributed by atoms with Crippen LogP contribution in [-0.4, -0.2) is 34.6 Å². The first kappa shape index (κ1) is 13.9. The molecule has 0 saturated heterocycles. The summed E-state index contributed by atoms with van der Waals surface area (Å²) in [6.45, 7) is 2.50. The second kappa shape index (κ2) is 6.55. The Bertz CT molecular complexity index is 268. The molecule has 2 fully saturated rings. The van der Waals surface area contributed by atoms with E-state index in [0.717, 1.165) is 5.92 Å². The van der Waals surface area contributed by atoms with Crippen LogP contribution < -0.4 is 0 Å². The van der Waals surface area contributed by atoms with Crippen LogP contribution in [0.1, 0.15) is 64.7 Å². The van der Waals surface area contributed by atoms with Gasteiger partial charge in [0, 0.05) is 12.1 Å². The molecule has 3 nitrogen and oxygen atoms in total. The molecule has 0 heterocycles. The summed E-state index contributed by atoms with van der Waals surface area (Å²) in [7, 11) is 0. The largest absolute Gasteiger partial charge is 0.480 e. The van der Waals surface area contributed by atoms with E-state index in [-0.39, 0.29) is 6.54 Å². The quantitative estimate of drug-likeness (QED) is 0.817. The first-order valence-electron chi connectivity index (χ1n) is 7.66. The van der Waals surface area contributed by atoms with E-state index in [4.69, 9.17) is 5.11 Å². The molecule has 2 rings (SSSR count). The van der Waals surface area contributed by atoms with Crippen molar-refractivity contribution in [3.63, 3.8) is 0 Å². The van der Waals surface area contributed by atoms with Crippen molar-refractivity contribution in [2.24, 2.45) is 5.92 Å². The first-order chi connectivity index (χ1) is 8.68. The number of rotatable bonds is 5. The average molecular weight is 253 g/mol. The first-order valence-corrected chi connectivity index (χ1v) is 7.66. The third-order valence-electron chi connectivity index (χ3n) is 4.97. The van der Waals surface area contributed by atoms with Crippen LogP contribution >= 0.6 is 0 Å². The number of aliphatic carboxylic acids is 1. The summed E-state index contributed by atoms with van der Waals surface area (Å²) in [5, 5.41) is 9.15. The summed E-state index contributed by atoms with van der Waals surface area (Å²) in [4.78, 5) is 13.4. The molecule has 1 atom stereocenters. The van der Waals surface area contributed by atoms with Crippen LogP contribution in [0.3, 0.4) is 0 Å². The van der Waals surface area contributed by atoms with Crippen molar-refractivity contribution in [3.8, 4) is 0 Å². The molecule has 104 valence electrons. The monoisotopic (exact) mass is 253 g/mol. The minimum atomic E-state index is -0.662. The number of hydrogen-bond acceptors (Lipinski definition) is 2. The van der Waals surface area contributed by atoms with Crippen molar-refractivity contribution in [3.05, 3.63) is 0 Å². The summed E-state index contributed by atoms with van der Waals surface area (Å²) in [5.41, 5.74) is 0. The zero-order valence-corrected chi connectivity index (χ0v) is 11.6. The lowest BCUT2D eigenvalue weighted by Crippen LogP contribution is -2.47. The molecular weight excluding hydrogens is 226 g/mol. The van der Waals surface area contributed by atoms with E-state index < -0.39 is 5.97 Å². The van der Waals surface area contributed by atoms with Crippen LogP contribution in [0.15, 0.2) is 0 Å². The summed E-state index contributed by atoms with van der Waals surface area (Å²) < 4.78 is 0. The van der Waals surface area contributed by atoms with Gasteiger partial charge in [-0.15, -0.1) is 0 Å². The average Bonchev–Trinajstić information content (AvgIpc) is 2.89. The van der Waals surface area contributed by atoms with Crippen molar-refractivity contribution in [2.45, 2.75) is 76.8 Å². The van der Waals surface area contributed by atoms with Crippen molar-refractivity contribution >= 4 is 5.97 Å². The molecule has 0 aliphatic heterocycles. The predicted octanol–water partition coefficient (Wildman–Crippen LogP) is 3.28. The second-order valence-electron chi connectivity index (χ2n) is 6.14. The van der Waals surface area contributed by atoms with Gasteiger partial charge in [-0.25, -0.2) is 0 Å². The van der Waals surface area contributed by atoms with Gasteiger partial charge in [0.1, 0.15) is 0 Å². The molecule has 0 spiro atoms. The normalized spacial score (nSPS) is 24.6. The third kappa shape index (κ3) is 3.47. The summed E-state index contributed by atoms with van der Waals surface area (Å²) in [6.07, 6.45) is 11.6. The third-order valence-corrected chi connectivity index (χ3v) is 4.97. The van der Waals surface area contributed by atoms with Crippen LogP contribution in [0.5, 0.6) is 0 Å². The van der Waals surface area contributed by atoms with Crippen molar-refractivity contribution in [2.75, 3.05) is 6.54 Å². The van der Waals surface area contributed by atoms with E-state index in [1.165, 1.54) is 57.8 Å². The molecule has 18 heavy (non-hydrogen) atoms. The zero-order valence-electron chi connectivity index (χ0n) is 11.6. The van der Waals surface area contributed by atoms with Gasteiger partial charge in [-0.3, -0.25) is 9.69 Å². The Morgan fingerprint density at radius 1 is 1.11 bits per heavy atom. The number of hydrogen-bond donors (Lipinski definition) is 1. The fourth-order valence-electron chi connectivity index (χ4n) is 3.89. The highest BCUT2D eigenvalue weighted by atomic mass is 16.4. The van der Waals surface area contributed by atoms with Crippen LogP contribution in [0, 0.1) is 5.92 Å². The van der Waals surface area contributed by atoms with Gasteiger partial charge in [0.2, 0.25) is 0 Å². The van der Waals surface area contributed by atoms with Gasteiger partial charge in [0.25, 0.3) is 0 Å². The molecule has 2 saturated carbocycles. The van der Waals surface area contributed by atoms with E-state index in [2.05, 4.69) is 11.8 Å². The predicted molar refractivity (Wildman–Crippen MR) is 72.6 cm³/mol. The number of carbonyl (C=O) groups is 1. The Morgan fingerprint density at radius 3 is 2.22 bits per heavy atom. The van der Waals surface area contributed by atoms with E-state index in [0.29, 0.717) is 12.1 Å². The Labute approximate surface area is 111 Å². The van der Waals surface area contributed by atoms with Crippen molar-refractivity contribution in [1.82, 2.24) is 4.90 Å². The second-order valence-corrected chi connectivity index (χ2v) is 6.14. The molecule has 0 aromatic rings. The Morgan fingerprint density at radius 2 is 1.67 bits per heavy atom. The topological polar surface area (TPSA) is 40.5 Å². The fraction of sp³-hybridized carbons (Fsp3) is 0.933. The van der Waals surface area contributed by atoms with Crippen LogP contribution in [-0.2, 0) is 4.79 Å². The van der Waals surface area contributed by atoms with Gasteiger partial charge in [-0.05, 0) is 38.5 Å². The highest BCUT2D eigenvalue weighted by molar-refractivity contribution is 5.69. The maximum Gasteiger partial charge on any atom is 0.317 e. The minimum Gasteiger partial charge on any atom is -0.480 e. The van der Waals surface area contributed by atoms with E-state index in [1.54, 1.807) is 0 Å². The molecular formula is C15H27NO2. The molecule has 1 unspecified atom stereocenters. The Hall–Kier alpha value is -0.570. The molecule has 2 aliphatic rings. The lowest BCUT2D eigenvalue weighted by molar-refractivity contribution is -0.140. The minimum absolute atomic E-state index is 0.238. The number of carboxylic acids is 1. The van der Waals surface area contributed by atoms with Crippen LogP contribution in [0.2, 0.25) is 0 Å². The van der Waals surface area contributed by atoms with E-state index >= 15 is 0 Å². The van der Waals surface area contributed by atoms with Gasteiger partial charge in [-0.1, -0.05) is 32.1 Å². The summed E-state index contributed by atoms with van der Waals surface area (Å²) in [6, 6.07) is 0.975. The highest BCUT2D eigenvalue weighted by Crippen LogP contribution is 2.33. The maximum atomic E-state index is 11.1. The number of carboxylic acid groups (broad SMARTS) is 1. The van der Waals surface area contributed by atoms with Crippen molar-refractivity contribution < 1.29 is 9.90 Å². The van der Waals surface area contributed by atoms with Gasteiger partial charge in [-0.2, -0.15) is 0 Å². The Balaban J connectivity index is 1.98. The van der Waals surface area contributed by atoms with Gasteiger partial charge in [0.15, 0.2) is 0 Å². The lowest BCUT2D eigenvalue weighted by Gasteiger charge is -2.39. The molecule has 0 radical (unpaired) electrons. The molecule has 3 heteroatoms. The van der Waals surface area contributed by atoms with Crippen LogP contribution in [0.25, 0.3) is 0 Å². The van der Waals surface area contributed by atoms with Gasteiger partial charge in [0.05, 0.1) is 6.54 Å². The van der Waals surface area contributed by atoms with E-state index in [9.17, 15) is 4.79 Å². The maximum absolute atomic E-state index is 11.1. The molecule has 0 amide bonds. The van der Waals surface area contributed by atoms with E-state index in [1.807, 2.05) is 0 Å². The fourth-order valence-corrected chi connectivity index (χ4v) is 3.89. The molecule has 0 bridgehead atoms. The SMILES string of the molecule is CC(C1CCCCC1)N(CC(=O)O)C1CCCC1. The lowest BCUT2D eigenvalue weighted by atomic mass is 9.83. The van der Waals surface area contributed by atoms with Crippen LogP contribution in [0.4, 0.5) is 0 Å². The van der Waals surface area contributed by atoms with Gasteiger partial charge >= 0.3 is 5.97 Å². The molecule has 0 aromatic heterocycles. The zero-order chi connectivity index (χ0) is 13.0. The highest BCUT2D eigenvalue weighted by Gasteiger charge is 2.32. The molecule has 1 N–H and O–H groups in total. The van der Waals surface area contributed by atoms with Gasteiger partial charge < -0.3 is 5.11 Å². The standard InChI is InChI=1S/C15H27NO2/c1-12(13-7-3-2-4-8-13)16(11-15(17)18)14-9-5-6-10-14/h12-14H,2-11H2,1H3,(H,17,18). The molecule has 2 aliphatic carbocycles. The summed E-state index contributed by atoms with van der Waals surface area (Å²) >= 11 is 0. The number of nitrogens with zero attached hydrogens (tertiary/aromatic N) is 1. The smallest absolute Gasteiger partial charge is 0.317 e. The Kier molecular flexibility index (Phi) is 5.04. The summed E-state index contributed by atoms with van der Waals surface area (Å²) in [5.74, 6) is 0.0586.